The first-order valence-electron chi connectivity index (χ1n) is 10.3. The number of hydrogen-bond donors (Lipinski definition) is 2. The number of H-pyrrole nitrogens is 1. The maximum absolute atomic E-state index is 12.3. The number of amides is 1. The highest BCUT2D eigenvalue weighted by Crippen LogP contribution is 2.19. The second kappa shape index (κ2) is 9.98. The largest absolute Gasteiger partial charge is 0.350 e. The van der Waals surface area contributed by atoms with Crippen LogP contribution in [-0.2, 0) is 30.8 Å². The van der Waals surface area contributed by atoms with Gasteiger partial charge in [0, 0.05) is 25.6 Å². The van der Waals surface area contributed by atoms with Gasteiger partial charge in [0.25, 0.3) is 0 Å². The third kappa shape index (κ3) is 5.52. The quantitative estimate of drug-likeness (QED) is 0.664. The Morgan fingerprint density at radius 2 is 2.04 bits per heavy atom. The molecule has 1 atom stereocenters. The van der Waals surface area contributed by atoms with Crippen LogP contribution in [-0.4, -0.2) is 38.2 Å². The zero-order chi connectivity index (χ0) is 19.9. The van der Waals surface area contributed by atoms with E-state index in [0.29, 0.717) is 17.4 Å². The average Bonchev–Trinajstić information content (AvgIpc) is 3.03. The normalized spacial score (nSPS) is 17.6. The predicted molar refractivity (Wildman–Crippen MR) is 113 cm³/mol. The molecule has 152 valence electrons. The van der Waals surface area contributed by atoms with E-state index in [0.717, 1.165) is 30.8 Å². The van der Waals surface area contributed by atoms with Crippen molar-refractivity contribution in [1.29, 1.82) is 0 Å². The Morgan fingerprint density at radius 1 is 1.29 bits per heavy atom. The molecule has 0 bridgehead atoms. The van der Waals surface area contributed by atoms with E-state index < -0.39 is 0 Å². The molecule has 28 heavy (non-hydrogen) atoms. The van der Waals surface area contributed by atoms with E-state index in [1.807, 2.05) is 0 Å². The van der Waals surface area contributed by atoms with Gasteiger partial charge >= 0.3 is 0 Å². The number of benzene rings is 1. The number of carbonyl (C=O) groups is 1. The monoisotopic (exact) mass is 401 g/mol. The molecule has 1 saturated heterocycles. The highest BCUT2D eigenvalue weighted by atomic mass is 32.1. The van der Waals surface area contributed by atoms with E-state index in [1.165, 1.54) is 31.4 Å². The van der Waals surface area contributed by atoms with Crippen molar-refractivity contribution in [3.05, 3.63) is 46.0 Å². The fourth-order valence-electron chi connectivity index (χ4n) is 3.72. The minimum atomic E-state index is -0.0546. The van der Waals surface area contributed by atoms with Crippen molar-refractivity contribution in [2.75, 3.05) is 6.54 Å². The molecule has 1 amide bonds. The van der Waals surface area contributed by atoms with Crippen molar-refractivity contribution in [3.63, 3.8) is 0 Å². The zero-order valence-electron chi connectivity index (χ0n) is 16.9. The zero-order valence-corrected chi connectivity index (χ0v) is 17.7. The maximum atomic E-state index is 12.3. The Bertz CT molecular complexity index is 826. The first kappa shape index (κ1) is 20.7. The third-order valence-corrected chi connectivity index (χ3v) is 5.76. The maximum Gasteiger partial charge on any atom is 0.240 e. The van der Waals surface area contributed by atoms with Gasteiger partial charge in [-0.2, -0.15) is 5.10 Å². The van der Waals surface area contributed by atoms with Crippen molar-refractivity contribution in [3.8, 4) is 0 Å². The SMILES string of the molecule is CCCc1n[nH]c(=S)n1CC(=O)NCc1ccc(CN2CCCCC2C)cc1. The number of piperidine rings is 1. The summed E-state index contributed by atoms with van der Waals surface area (Å²) in [6.07, 6.45) is 5.71. The Hall–Kier alpha value is -1.99. The van der Waals surface area contributed by atoms with Crippen molar-refractivity contribution < 1.29 is 4.79 Å². The van der Waals surface area contributed by atoms with Gasteiger partial charge in [0.05, 0.1) is 0 Å². The van der Waals surface area contributed by atoms with Crippen LogP contribution in [0.25, 0.3) is 0 Å². The molecule has 2 N–H and O–H groups in total. The van der Waals surface area contributed by atoms with Crippen molar-refractivity contribution in [1.82, 2.24) is 25.0 Å². The Kier molecular flexibility index (Phi) is 7.39. The molecule has 7 heteroatoms. The lowest BCUT2D eigenvalue weighted by molar-refractivity contribution is -0.121. The van der Waals surface area contributed by atoms with Gasteiger partial charge in [-0.1, -0.05) is 37.6 Å². The second-order valence-electron chi connectivity index (χ2n) is 7.69. The summed E-state index contributed by atoms with van der Waals surface area (Å²) in [4.78, 5) is 14.9. The fourth-order valence-corrected chi connectivity index (χ4v) is 3.93. The molecule has 6 nitrogen and oxygen atoms in total. The number of nitrogens with one attached hydrogen (secondary N) is 2. The molecule has 1 aromatic heterocycles. The minimum absolute atomic E-state index is 0.0546. The van der Waals surface area contributed by atoms with E-state index in [2.05, 4.69) is 58.5 Å². The fraction of sp³-hybridized carbons (Fsp3) is 0.571. The van der Waals surface area contributed by atoms with Gasteiger partial charge in [0.1, 0.15) is 12.4 Å². The van der Waals surface area contributed by atoms with E-state index >= 15 is 0 Å². The number of aryl methyl sites for hydroxylation is 1. The van der Waals surface area contributed by atoms with E-state index in [-0.39, 0.29) is 12.5 Å². The van der Waals surface area contributed by atoms with E-state index in [1.54, 1.807) is 4.57 Å². The van der Waals surface area contributed by atoms with Crippen LogP contribution >= 0.6 is 12.2 Å². The number of nitrogens with zero attached hydrogens (tertiary/aromatic N) is 3. The van der Waals surface area contributed by atoms with Gasteiger partial charge in [0.15, 0.2) is 4.77 Å². The number of aromatic nitrogens is 3. The van der Waals surface area contributed by atoms with Gasteiger partial charge in [-0.05, 0) is 56.1 Å². The van der Waals surface area contributed by atoms with Crippen molar-refractivity contribution in [2.24, 2.45) is 0 Å². The summed E-state index contributed by atoms with van der Waals surface area (Å²) < 4.78 is 2.27. The van der Waals surface area contributed by atoms with Gasteiger partial charge in [0.2, 0.25) is 5.91 Å². The molecule has 1 fully saturated rings. The molecule has 1 aromatic carbocycles. The minimum Gasteiger partial charge on any atom is -0.350 e. The summed E-state index contributed by atoms with van der Waals surface area (Å²) in [6, 6.07) is 9.23. The lowest BCUT2D eigenvalue weighted by Crippen LogP contribution is -2.36. The molecule has 3 rings (SSSR count). The van der Waals surface area contributed by atoms with Crippen LogP contribution in [0.15, 0.2) is 24.3 Å². The molecule has 1 aliphatic heterocycles. The Balaban J connectivity index is 1.50. The second-order valence-corrected chi connectivity index (χ2v) is 8.08. The average molecular weight is 402 g/mol. The molecular formula is C21H31N5OS. The van der Waals surface area contributed by atoms with Crippen LogP contribution in [0.4, 0.5) is 0 Å². The third-order valence-electron chi connectivity index (χ3n) is 5.45. The molecule has 0 aliphatic carbocycles. The highest BCUT2D eigenvalue weighted by Gasteiger charge is 2.18. The molecule has 2 heterocycles. The van der Waals surface area contributed by atoms with Gasteiger partial charge < -0.3 is 5.32 Å². The first-order chi connectivity index (χ1) is 13.6. The van der Waals surface area contributed by atoms with Gasteiger partial charge in [-0.15, -0.1) is 0 Å². The molecule has 2 aromatic rings. The lowest BCUT2D eigenvalue weighted by Gasteiger charge is -2.33. The van der Waals surface area contributed by atoms with E-state index in [9.17, 15) is 4.79 Å². The summed E-state index contributed by atoms with van der Waals surface area (Å²) in [5.41, 5.74) is 2.44. The Labute approximate surface area is 172 Å². The molecule has 1 unspecified atom stereocenters. The number of likely N-dealkylation sites (tertiary alicyclic amines) is 1. The van der Waals surface area contributed by atoms with Crippen LogP contribution < -0.4 is 5.32 Å². The number of aromatic amines is 1. The lowest BCUT2D eigenvalue weighted by atomic mass is 10.0. The Morgan fingerprint density at radius 3 is 2.75 bits per heavy atom. The summed E-state index contributed by atoms with van der Waals surface area (Å²) in [5.74, 6) is 0.778. The number of rotatable bonds is 8. The number of hydrogen-bond acceptors (Lipinski definition) is 4. The standard InChI is InChI=1S/C21H31N5OS/c1-3-6-19-23-24-21(28)26(19)15-20(27)22-13-17-8-10-18(11-9-17)14-25-12-5-4-7-16(25)2/h8-11,16H,3-7,12-15H2,1-2H3,(H,22,27)(H,24,28). The van der Waals surface area contributed by atoms with Crippen molar-refractivity contribution in [2.45, 2.75) is 71.6 Å². The molecule has 0 spiro atoms. The van der Waals surface area contributed by atoms with Crippen LogP contribution in [0.3, 0.4) is 0 Å². The summed E-state index contributed by atoms with van der Waals surface area (Å²) in [7, 11) is 0. The summed E-state index contributed by atoms with van der Waals surface area (Å²) in [6.45, 7) is 7.32. The van der Waals surface area contributed by atoms with Crippen LogP contribution in [0.2, 0.25) is 0 Å². The van der Waals surface area contributed by atoms with Crippen LogP contribution in [0.5, 0.6) is 0 Å². The summed E-state index contributed by atoms with van der Waals surface area (Å²) >= 11 is 5.23. The topological polar surface area (TPSA) is 66.0 Å². The predicted octanol–water partition coefficient (Wildman–Crippen LogP) is 3.58. The molecular weight excluding hydrogens is 370 g/mol. The van der Waals surface area contributed by atoms with E-state index in [4.69, 9.17) is 12.2 Å². The molecule has 0 radical (unpaired) electrons. The molecule has 1 aliphatic rings. The van der Waals surface area contributed by atoms with Gasteiger partial charge in [-0.25, -0.2) is 0 Å². The highest BCUT2D eigenvalue weighted by molar-refractivity contribution is 7.71. The first-order valence-corrected chi connectivity index (χ1v) is 10.7. The van der Waals surface area contributed by atoms with Crippen LogP contribution in [0.1, 0.15) is 56.5 Å². The van der Waals surface area contributed by atoms with Gasteiger partial charge in [-0.3, -0.25) is 19.4 Å². The van der Waals surface area contributed by atoms with Crippen molar-refractivity contribution >= 4 is 18.1 Å². The van der Waals surface area contributed by atoms with Crippen LogP contribution in [0, 0.1) is 4.77 Å². The molecule has 0 saturated carbocycles. The smallest absolute Gasteiger partial charge is 0.240 e. The summed E-state index contributed by atoms with van der Waals surface area (Å²) in [5, 5.41) is 9.96. The number of carbonyl (C=O) groups excluding carboxylic acids is 1.